The molecule has 2 aromatic rings. The summed E-state index contributed by atoms with van der Waals surface area (Å²) in [5.41, 5.74) is 1.79. The first kappa shape index (κ1) is 15.5. The summed E-state index contributed by atoms with van der Waals surface area (Å²) < 4.78 is 29.9. The number of rotatable bonds is 5. The third-order valence-electron chi connectivity index (χ3n) is 3.27. The molecule has 2 rings (SSSR count). The summed E-state index contributed by atoms with van der Waals surface area (Å²) in [7, 11) is -1.86. The van der Waals surface area contributed by atoms with Gasteiger partial charge in [0.1, 0.15) is 0 Å². The van der Waals surface area contributed by atoms with Gasteiger partial charge in [-0.3, -0.25) is 0 Å². The van der Waals surface area contributed by atoms with Crippen LogP contribution in [0.3, 0.4) is 0 Å². The quantitative estimate of drug-likeness (QED) is 0.851. The SMILES string of the molecule is COc1cc(CS(=O)(=O)c2ccc(C(C)C)cc2)ccn1. The molecule has 0 fully saturated rings. The lowest BCUT2D eigenvalue weighted by Gasteiger charge is -2.08. The van der Waals surface area contributed by atoms with E-state index < -0.39 is 9.84 Å². The zero-order chi connectivity index (χ0) is 15.5. The van der Waals surface area contributed by atoms with Crippen LogP contribution in [0.4, 0.5) is 0 Å². The summed E-state index contributed by atoms with van der Waals surface area (Å²) in [5.74, 6) is 0.733. The summed E-state index contributed by atoms with van der Waals surface area (Å²) in [6, 6.07) is 10.4. The van der Waals surface area contributed by atoms with Crippen molar-refractivity contribution in [1.29, 1.82) is 0 Å². The Labute approximate surface area is 125 Å². The third kappa shape index (κ3) is 3.82. The second-order valence-corrected chi connectivity index (χ2v) is 7.18. The average Bonchev–Trinajstić information content (AvgIpc) is 2.47. The van der Waals surface area contributed by atoms with Crippen molar-refractivity contribution in [3.8, 4) is 5.88 Å². The van der Waals surface area contributed by atoms with Gasteiger partial charge in [-0.05, 0) is 35.2 Å². The maximum Gasteiger partial charge on any atom is 0.213 e. The van der Waals surface area contributed by atoms with Crippen LogP contribution in [0.5, 0.6) is 5.88 Å². The molecule has 5 heteroatoms. The highest BCUT2D eigenvalue weighted by Crippen LogP contribution is 2.21. The van der Waals surface area contributed by atoms with Crippen molar-refractivity contribution < 1.29 is 13.2 Å². The molecule has 0 amide bonds. The molecular weight excluding hydrogens is 286 g/mol. The molecular formula is C16H19NO3S. The number of hydrogen-bond acceptors (Lipinski definition) is 4. The van der Waals surface area contributed by atoms with Crippen LogP contribution in [0.2, 0.25) is 0 Å². The second-order valence-electron chi connectivity index (χ2n) is 5.19. The largest absolute Gasteiger partial charge is 0.481 e. The molecule has 112 valence electrons. The lowest BCUT2D eigenvalue weighted by Crippen LogP contribution is -2.05. The van der Waals surface area contributed by atoms with Crippen LogP contribution in [0, 0.1) is 0 Å². The number of methoxy groups -OCH3 is 1. The van der Waals surface area contributed by atoms with Crippen molar-refractivity contribution in [2.45, 2.75) is 30.4 Å². The minimum absolute atomic E-state index is 0.0626. The van der Waals surface area contributed by atoms with Gasteiger partial charge in [0.25, 0.3) is 0 Å². The van der Waals surface area contributed by atoms with Gasteiger partial charge in [-0.1, -0.05) is 26.0 Å². The summed E-state index contributed by atoms with van der Waals surface area (Å²) >= 11 is 0. The lowest BCUT2D eigenvalue weighted by atomic mass is 10.0. The van der Waals surface area contributed by atoms with E-state index in [1.807, 2.05) is 12.1 Å². The van der Waals surface area contributed by atoms with Gasteiger partial charge in [0, 0.05) is 12.3 Å². The van der Waals surface area contributed by atoms with Crippen LogP contribution < -0.4 is 4.74 Å². The van der Waals surface area contributed by atoms with Crippen molar-refractivity contribution in [2.24, 2.45) is 0 Å². The molecule has 21 heavy (non-hydrogen) atoms. The maximum atomic E-state index is 12.4. The number of nitrogens with zero attached hydrogens (tertiary/aromatic N) is 1. The molecule has 0 saturated heterocycles. The van der Waals surface area contributed by atoms with Crippen LogP contribution in [-0.4, -0.2) is 20.5 Å². The average molecular weight is 305 g/mol. The minimum Gasteiger partial charge on any atom is -0.481 e. The van der Waals surface area contributed by atoms with E-state index in [2.05, 4.69) is 18.8 Å². The number of hydrogen-bond donors (Lipinski definition) is 0. The van der Waals surface area contributed by atoms with Crippen molar-refractivity contribution >= 4 is 9.84 Å². The molecule has 4 nitrogen and oxygen atoms in total. The predicted octanol–water partition coefficient (Wildman–Crippen LogP) is 3.19. The van der Waals surface area contributed by atoms with Crippen molar-refractivity contribution in [1.82, 2.24) is 4.98 Å². The number of aromatic nitrogens is 1. The number of benzene rings is 1. The van der Waals surface area contributed by atoms with Gasteiger partial charge >= 0.3 is 0 Å². The molecule has 1 aromatic heterocycles. The Kier molecular flexibility index (Phi) is 4.63. The molecule has 0 N–H and O–H groups in total. The van der Waals surface area contributed by atoms with E-state index in [-0.39, 0.29) is 5.75 Å². The highest BCUT2D eigenvalue weighted by molar-refractivity contribution is 7.90. The van der Waals surface area contributed by atoms with Gasteiger partial charge in [0.2, 0.25) is 5.88 Å². The molecule has 0 unspecified atom stereocenters. The number of sulfone groups is 1. The van der Waals surface area contributed by atoms with E-state index in [1.54, 1.807) is 30.5 Å². The molecule has 0 spiro atoms. The van der Waals surface area contributed by atoms with Crippen LogP contribution in [-0.2, 0) is 15.6 Å². The van der Waals surface area contributed by atoms with Crippen LogP contribution in [0.15, 0.2) is 47.5 Å². The molecule has 1 heterocycles. The predicted molar refractivity (Wildman–Crippen MR) is 82.2 cm³/mol. The van der Waals surface area contributed by atoms with Gasteiger partial charge in [0.15, 0.2) is 9.84 Å². The van der Waals surface area contributed by atoms with Crippen LogP contribution in [0.25, 0.3) is 0 Å². The fourth-order valence-corrected chi connectivity index (χ4v) is 3.35. The van der Waals surface area contributed by atoms with E-state index in [0.29, 0.717) is 22.3 Å². The standard InChI is InChI=1S/C16H19NO3S/c1-12(2)14-4-6-15(7-5-14)21(18,19)11-13-8-9-17-16(10-13)20-3/h4-10,12H,11H2,1-3H3. The van der Waals surface area contributed by atoms with Crippen LogP contribution >= 0.6 is 0 Å². The molecule has 0 saturated carbocycles. The molecule has 0 aliphatic heterocycles. The first-order valence-corrected chi connectivity index (χ1v) is 8.39. The number of pyridine rings is 1. The normalized spacial score (nSPS) is 11.6. The van der Waals surface area contributed by atoms with Gasteiger partial charge in [-0.15, -0.1) is 0 Å². The maximum absolute atomic E-state index is 12.4. The molecule has 0 radical (unpaired) electrons. The first-order valence-electron chi connectivity index (χ1n) is 6.74. The van der Waals surface area contributed by atoms with Gasteiger partial charge in [-0.2, -0.15) is 0 Å². The van der Waals surface area contributed by atoms with Crippen LogP contribution in [0.1, 0.15) is 30.9 Å². The summed E-state index contributed by atoms with van der Waals surface area (Å²) in [6.07, 6.45) is 1.55. The smallest absolute Gasteiger partial charge is 0.213 e. The van der Waals surface area contributed by atoms with Gasteiger partial charge < -0.3 is 4.74 Å². The van der Waals surface area contributed by atoms with Crippen molar-refractivity contribution in [3.63, 3.8) is 0 Å². The molecule has 0 aliphatic rings. The fraction of sp³-hybridized carbons (Fsp3) is 0.312. The van der Waals surface area contributed by atoms with Crippen molar-refractivity contribution in [3.05, 3.63) is 53.7 Å². The Hall–Kier alpha value is -1.88. The zero-order valence-corrected chi connectivity index (χ0v) is 13.2. The van der Waals surface area contributed by atoms with E-state index >= 15 is 0 Å². The summed E-state index contributed by atoms with van der Waals surface area (Å²) in [6.45, 7) is 4.15. The summed E-state index contributed by atoms with van der Waals surface area (Å²) in [5, 5.41) is 0. The highest BCUT2D eigenvalue weighted by atomic mass is 32.2. The topological polar surface area (TPSA) is 56.3 Å². The third-order valence-corrected chi connectivity index (χ3v) is 4.97. The first-order chi connectivity index (χ1) is 9.92. The zero-order valence-electron chi connectivity index (χ0n) is 12.4. The van der Waals surface area contributed by atoms with E-state index in [4.69, 9.17) is 4.74 Å². The van der Waals surface area contributed by atoms with Gasteiger partial charge in [0.05, 0.1) is 17.8 Å². The Bertz CT molecular complexity index is 707. The molecule has 0 atom stereocenters. The molecule has 0 aliphatic carbocycles. The number of ether oxygens (including phenoxy) is 1. The highest BCUT2D eigenvalue weighted by Gasteiger charge is 2.16. The Morgan fingerprint density at radius 1 is 1.14 bits per heavy atom. The van der Waals surface area contributed by atoms with Gasteiger partial charge in [-0.25, -0.2) is 13.4 Å². The molecule has 0 bridgehead atoms. The van der Waals surface area contributed by atoms with E-state index in [9.17, 15) is 8.42 Å². The Morgan fingerprint density at radius 3 is 2.38 bits per heavy atom. The lowest BCUT2D eigenvalue weighted by molar-refractivity contribution is 0.397. The van der Waals surface area contributed by atoms with E-state index in [1.165, 1.54) is 7.11 Å². The fourth-order valence-electron chi connectivity index (χ4n) is 2.01. The minimum atomic E-state index is -3.36. The summed E-state index contributed by atoms with van der Waals surface area (Å²) in [4.78, 5) is 4.31. The van der Waals surface area contributed by atoms with E-state index in [0.717, 1.165) is 5.56 Å². The Morgan fingerprint density at radius 2 is 1.81 bits per heavy atom. The molecule has 1 aromatic carbocycles. The van der Waals surface area contributed by atoms with Crippen molar-refractivity contribution in [2.75, 3.05) is 7.11 Å². The monoisotopic (exact) mass is 305 g/mol. The Balaban J connectivity index is 2.25. The second kappa shape index (κ2) is 6.26.